The molecule has 0 aliphatic rings. The van der Waals surface area contributed by atoms with Gasteiger partial charge in [0.15, 0.2) is 0 Å². The first kappa shape index (κ1) is 35.3. The molecule has 0 spiro atoms. The summed E-state index contributed by atoms with van der Waals surface area (Å²) in [4.78, 5) is 37.6. The highest BCUT2D eigenvalue weighted by Crippen LogP contribution is 2.11. The summed E-state index contributed by atoms with van der Waals surface area (Å²) >= 11 is 1.34. The largest absolute Gasteiger partial charge is 0.457 e. The molecular formula is C25H45N3O4S. The third kappa shape index (κ3) is 29.7. The second-order valence-electron chi connectivity index (χ2n) is 7.43. The Balaban J connectivity index is -0.000000466. The van der Waals surface area contributed by atoms with E-state index in [2.05, 4.69) is 44.8 Å². The van der Waals surface area contributed by atoms with Gasteiger partial charge in [-0.15, -0.1) is 11.3 Å². The Morgan fingerprint density at radius 3 is 2.06 bits per heavy atom. The summed E-state index contributed by atoms with van der Waals surface area (Å²) in [5, 5.41) is 2.40. The SMILES string of the molecule is C/C=C\C=C(/C)CC.CCC.CCC(C)=O.CN(C)CC(=O)OCc1nc(CC(N)=O)cs1. The van der Waals surface area contributed by atoms with Gasteiger partial charge >= 0.3 is 5.97 Å². The fourth-order valence-electron chi connectivity index (χ4n) is 1.50. The van der Waals surface area contributed by atoms with Crippen molar-refractivity contribution in [3.63, 3.8) is 0 Å². The molecule has 0 saturated carbocycles. The first-order chi connectivity index (χ1) is 15.5. The number of amides is 1. The molecule has 0 bridgehead atoms. The van der Waals surface area contributed by atoms with Gasteiger partial charge in [0.2, 0.25) is 5.91 Å². The molecule has 7 nitrogen and oxygen atoms in total. The van der Waals surface area contributed by atoms with Crippen LogP contribution in [-0.4, -0.2) is 48.2 Å². The molecule has 0 aromatic carbocycles. The van der Waals surface area contributed by atoms with Crippen LogP contribution in [0.15, 0.2) is 29.2 Å². The van der Waals surface area contributed by atoms with E-state index in [1.165, 1.54) is 23.3 Å². The summed E-state index contributed by atoms with van der Waals surface area (Å²) in [7, 11) is 3.57. The highest BCUT2D eigenvalue weighted by molar-refractivity contribution is 7.09. The number of hydrogen-bond donors (Lipinski definition) is 1. The van der Waals surface area contributed by atoms with Crippen LogP contribution in [0.1, 0.15) is 78.4 Å². The van der Waals surface area contributed by atoms with Crippen molar-refractivity contribution in [1.29, 1.82) is 0 Å². The standard InChI is InChI=1S/C10H15N3O3S.C8H14.C4H8O.C3H8/c1-13(2)4-10(15)16-5-9-12-7(6-17-9)3-8(11)14;1-4-6-7-8(3)5-2;1-3-4(2)5;1-3-2/h6H,3-5H2,1-2H3,(H2,11,14);4,6-7H,5H2,1-3H3;3H2,1-2H3;3H2,1-2H3/b;6-4-,8-7+;;. The number of Topliss-reactive ketones (excluding diaryl/α,β-unsaturated/α-hetero) is 1. The second kappa shape index (κ2) is 24.3. The monoisotopic (exact) mass is 483 g/mol. The Bertz CT molecular complexity index is 710. The van der Waals surface area contributed by atoms with Crippen LogP contribution in [0.25, 0.3) is 0 Å². The molecule has 190 valence electrons. The molecule has 0 aliphatic carbocycles. The van der Waals surface area contributed by atoms with Crippen LogP contribution in [-0.2, 0) is 32.1 Å². The fourth-order valence-corrected chi connectivity index (χ4v) is 2.20. The Morgan fingerprint density at radius 2 is 1.67 bits per heavy atom. The van der Waals surface area contributed by atoms with E-state index >= 15 is 0 Å². The van der Waals surface area contributed by atoms with Crippen LogP contribution in [0.5, 0.6) is 0 Å². The van der Waals surface area contributed by atoms with Crippen molar-refractivity contribution in [2.24, 2.45) is 5.73 Å². The van der Waals surface area contributed by atoms with Gasteiger partial charge in [-0.2, -0.15) is 0 Å². The first-order valence-electron chi connectivity index (χ1n) is 11.3. The van der Waals surface area contributed by atoms with Crippen molar-refractivity contribution >= 4 is 29.0 Å². The summed E-state index contributed by atoms with van der Waals surface area (Å²) in [6.07, 6.45) is 9.43. The number of ketones is 1. The molecule has 1 rings (SSSR count). The predicted molar refractivity (Wildman–Crippen MR) is 139 cm³/mol. The number of allylic oxidation sites excluding steroid dienone is 4. The molecule has 0 fully saturated rings. The van der Waals surface area contributed by atoms with E-state index < -0.39 is 5.91 Å². The molecule has 0 saturated heterocycles. The van der Waals surface area contributed by atoms with Gasteiger partial charge in [0, 0.05) is 11.8 Å². The molecule has 2 N–H and O–H groups in total. The number of nitrogens with two attached hydrogens (primary N) is 1. The van der Waals surface area contributed by atoms with E-state index in [0.717, 1.165) is 6.42 Å². The molecule has 0 aliphatic heterocycles. The maximum absolute atomic E-state index is 11.3. The molecular weight excluding hydrogens is 438 g/mol. The number of aromatic nitrogens is 1. The fraction of sp³-hybridized carbons (Fsp3) is 0.600. The summed E-state index contributed by atoms with van der Waals surface area (Å²) in [6.45, 7) is 14.4. The van der Waals surface area contributed by atoms with Gasteiger partial charge in [-0.3, -0.25) is 14.5 Å². The molecule has 1 aromatic heterocycles. The minimum Gasteiger partial charge on any atom is -0.457 e. The summed E-state index contributed by atoms with van der Waals surface area (Å²) < 4.78 is 5.01. The molecule has 0 unspecified atom stereocenters. The van der Waals surface area contributed by atoms with Gasteiger partial charge in [0.05, 0.1) is 18.7 Å². The minimum atomic E-state index is -0.425. The van der Waals surface area contributed by atoms with E-state index in [1.54, 1.807) is 31.3 Å². The van der Waals surface area contributed by atoms with Crippen molar-refractivity contribution in [2.45, 2.75) is 80.8 Å². The third-order valence-electron chi connectivity index (χ3n) is 3.39. The smallest absolute Gasteiger partial charge is 0.320 e. The molecule has 8 heteroatoms. The predicted octanol–water partition coefficient (Wildman–Crippen LogP) is 5.10. The van der Waals surface area contributed by atoms with Crippen molar-refractivity contribution in [2.75, 3.05) is 20.6 Å². The Hall–Kier alpha value is -2.32. The second-order valence-corrected chi connectivity index (χ2v) is 8.37. The summed E-state index contributed by atoms with van der Waals surface area (Å²) in [5.41, 5.74) is 7.09. The molecule has 0 radical (unpaired) electrons. The molecule has 1 amide bonds. The number of primary amides is 1. The van der Waals surface area contributed by atoms with Gasteiger partial charge in [0.25, 0.3) is 0 Å². The lowest BCUT2D eigenvalue weighted by Crippen LogP contribution is -2.23. The minimum absolute atomic E-state index is 0.113. The zero-order valence-corrected chi connectivity index (χ0v) is 22.9. The average molecular weight is 484 g/mol. The van der Waals surface area contributed by atoms with Crippen LogP contribution in [0, 0.1) is 0 Å². The van der Waals surface area contributed by atoms with Gasteiger partial charge < -0.3 is 15.3 Å². The highest BCUT2D eigenvalue weighted by atomic mass is 32.1. The number of rotatable bonds is 9. The van der Waals surface area contributed by atoms with Gasteiger partial charge in [-0.05, 0) is 41.3 Å². The van der Waals surface area contributed by atoms with E-state index in [-0.39, 0.29) is 31.3 Å². The van der Waals surface area contributed by atoms with Crippen molar-refractivity contribution < 1.29 is 19.1 Å². The lowest BCUT2D eigenvalue weighted by atomic mass is 10.2. The number of ether oxygens (including phenoxy) is 1. The summed E-state index contributed by atoms with van der Waals surface area (Å²) in [5.74, 6) is -0.474. The van der Waals surface area contributed by atoms with E-state index in [4.69, 9.17) is 10.5 Å². The number of likely N-dealkylation sites (N-methyl/N-ethyl adjacent to an activating group) is 1. The molecule has 33 heavy (non-hydrogen) atoms. The number of carbonyl (C=O) groups is 3. The highest BCUT2D eigenvalue weighted by Gasteiger charge is 2.08. The number of esters is 1. The van der Waals surface area contributed by atoms with Gasteiger partial charge in [0.1, 0.15) is 17.4 Å². The number of hydrogen-bond acceptors (Lipinski definition) is 7. The van der Waals surface area contributed by atoms with Gasteiger partial charge in [-0.1, -0.05) is 57.9 Å². The van der Waals surface area contributed by atoms with Crippen LogP contribution in [0.2, 0.25) is 0 Å². The molecule has 1 heterocycles. The van der Waals surface area contributed by atoms with E-state index in [1.807, 2.05) is 19.9 Å². The van der Waals surface area contributed by atoms with E-state index in [9.17, 15) is 14.4 Å². The third-order valence-corrected chi connectivity index (χ3v) is 4.26. The van der Waals surface area contributed by atoms with Crippen LogP contribution in [0.3, 0.4) is 0 Å². The lowest BCUT2D eigenvalue weighted by Gasteiger charge is -2.08. The molecule has 0 atom stereocenters. The number of carbonyl (C=O) groups excluding carboxylic acids is 3. The quantitative estimate of drug-likeness (QED) is 0.387. The maximum atomic E-state index is 11.3. The topological polar surface area (TPSA) is 103 Å². The Kier molecular flexibility index (Phi) is 26.0. The number of nitrogens with zero attached hydrogens (tertiary/aromatic N) is 2. The zero-order chi connectivity index (χ0) is 26.2. The summed E-state index contributed by atoms with van der Waals surface area (Å²) in [6, 6.07) is 0. The van der Waals surface area contributed by atoms with Crippen LogP contribution < -0.4 is 5.73 Å². The van der Waals surface area contributed by atoms with Crippen LogP contribution >= 0.6 is 11.3 Å². The van der Waals surface area contributed by atoms with Crippen molar-refractivity contribution in [3.8, 4) is 0 Å². The molecule has 1 aromatic rings. The average Bonchev–Trinajstić information content (AvgIpc) is 3.18. The number of thiazole rings is 1. The van der Waals surface area contributed by atoms with Gasteiger partial charge in [-0.25, -0.2) is 4.98 Å². The normalized spacial score (nSPS) is 10.3. The Labute approximate surface area is 205 Å². The maximum Gasteiger partial charge on any atom is 0.320 e. The van der Waals surface area contributed by atoms with Crippen molar-refractivity contribution in [3.05, 3.63) is 39.9 Å². The lowest BCUT2D eigenvalue weighted by molar-refractivity contribution is -0.145. The zero-order valence-electron chi connectivity index (χ0n) is 22.1. The van der Waals surface area contributed by atoms with Crippen LogP contribution in [0.4, 0.5) is 0 Å². The van der Waals surface area contributed by atoms with Crippen molar-refractivity contribution in [1.82, 2.24) is 9.88 Å². The Morgan fingerprint density at radius 1 is 1.12 bits per heavy atom. The van der Waals surface area contributed by atoms with E-state index in [0.29, 0.717) is 17.1 Å². The first-order valence-corrected chi connectivity index (χ1v) is 12.1.